The van der Waals surface area contributed by atoms with Gasteiger partial charge < -0.3 is 15.0 Å². The maximum atomic E-state index is 13.2. The van der Waals surface area contributed by atoms with Crippen molar-refractivity contribution in [3.63, 3.8) is 0 Å². The van der Waals surface area contributed by atoms with E-state index in [4.69, 9.17) is 4.74 Å². The monoisotopic (exact) mass is 394 g/mol. The van der Waals surface area contributed by atoms with Gasteiger partial charge in [0.05, 0.1) is 13.0 Å². The molecular weight excluding hydrogens is 364 g/mol. The van der Waals surface area contributed by atoms with Gasteiger partial charge in [-0.25, -0.2) is 0 Å². The van der Waals surface area contributed by atoms with Crippen LogP contribution in [0.2, 0.25) is 0 Å². The van der Waals surface area contributed by atoms with Crippen molar-refractivity contribution in [1.29, 1.82) is 0 Å². The quantitative estimate of drug-likeness (QED) is 0.814. The fourth-order valence-corrected chi connectivity index (χ4v) is 3.94. The number of aryl methyl sites for hydroxylation is 1. The van der Waals surface area contributed by atoms with E-state index in [2.05, 4.69) is 19.2 Å². The summed E-state index contributed by atoms with van der Waals surface area (Å²) in [5.74, 6) is 0.681. The smallest absolute Gasteiger partial charge is 0.254 e. The van der Waals surface area contributed by atoms with E-state index in [1.54, 1.807) is 12.0 Å². The molecule has 0 aromatic heterocycles. The van der Waals surface area contributed by atoms with Crippen molar-refractivity contribution in [2.24, 2.45) is 11.8 Å². The van der Waals surface area contributed by atoms with E-state index >= 15 is 0 Å². The highest BCUT2D eigenvalue weighted by molar-refractivity contribution is 5.96. The zero-order valence-electron chi connectivity index (χ0n) is 17.6. The number of methoxy groups -OCH3 is 1. The number of amides is 2. The summed E-state index contributed by atoms with van der Waals surface area (Å²) in [4.78, 5) is 28.0. The average molecular weight is 395 g/mol. The van der Waals surface area contributed by atoms with Crippen LogP contribution in [0, 0.1) is 18.8 Å². The Hall–Kier alpha value is -2.82. The van der Waals surface area contributed by atoms with Crippen molar-refractivity contribution in [2.75, 3.05) is 26.7 Å². The van der Waals surface area contributed by atoms with Gasteiger partial charge in [0.2, 0.25) is 5.91 Å². The van der Waals surface area contributed by atoms with Crippen molar-refractivity contribution in [3.05, 3.63) is 65.2 Å². The second-order valence-electron chi connectivity index (χ2n) is 8.12. The van der Waals surface area contributed by atoms with Crippen LogP contribution in [0.15, 0.2) is 48.5 Å². The minimum atomic E-state index is -0.307. The Bertz CT molecular complexity index is 878. The van der Waals surface area contributed by atoms with Crippen molar-refractivity contribution in [1.82, 2.24) is 10.2 Å². The molecule has 2 amide bonds. The van der Waals surface area contributed by atoms with Crippen LogP contribution in [0.4, 0.5) is 0 Å². The number of ether oxygens (including phenoxy) is 1. The summed E-state index contributed by atoms with van der Waals surface area (Å²) in [6.45, 7) is 7.60. The molecule has 1 aliphatic heterocycles. The topological polar surface area (TPSA) is 58.6 Å². The van der Waals surface area contributed by atoms with Crippen molar-refractivity contribution in [3.8, 4) is 5.75 Å². The standard InChI is InChI=1S/C24H30N2O3/c1-16(2)13-25-23(27)21-15-26(24(28)18-10-6-5-9-17(18)3)14-20(21)19-11-7-8-12-22(19)29-4/h5-12,16,20-21H,13-15H2,1-4H3,(H,25,27)/t20-,21-/m0/s1. The average Bonchev–Trinajstić information content (AvgIpc) is 3.17. The third-order valence-electron chi connectivity index (χ3n) is 5.54. The summed E-state index contributed by atoms with van der Waals surface area (Å²) in [5.41, 5.74) is 2.60. The van der Waals surface area contributed by atoms with Gasteiger partial charge in [0, 0.05) is 31.1 Å². The van der Waals surface area contributed by atoms with Gasteiger partial charge >= 0.3 is 0 Å². The van der Waals surface area contributed by atoms with E-state index in [1.807, 2.05) is 55.5 Å². The fraction of sp³-hybridized carbons (Fsp3) is 0.417. The third-order valence-corrected chi connectivity index (χ3v) is 5.54. The molecule has 2 aromatic rings. The van der Waals surface area contributed by atoms with E-state index in [0.29, 0.717) is 31.1 Å². The molecule has 5 nitrogen and oxygen atoms in total. The van der Waals surface area contributed by atoms with E-state index in [1.165, 1.54) is 0 Å². The number of nitrogens with one attached hydrogen (secondary N) is 1. The largest absolute Gasteiger partial charge is 0.496 e. The Morgan fingerprint density at radius 1 is 1.10 bits per heavy atom. The summed E-state index contributed by atoms with van der Waals surface area (Å²) in [7, 11) is 1.64. The van der Waals surface area contributed by atoms with Gasteiger partial charge in [0.25, 0.3) is 5.91 Å². The van der Waals surface area contributed by atoms with Crippen LogP contribution in [-0.4, -0.2) is 43.5 Å². The lowest BCUT2D eigenvalue weighted by molar-refractivity contribution is -0.125. The Labute approximate surface area is 173 Å². The Balaban J connectivity index is 1.90. The molecule has 154 valence electrons. The Kier molecular flexibility index (Phi) is 6.57. The lowest BCUT2D eigenvalue weighted by Gasteiger charge is -2.20. The predicted octanol–water partition coefficient (Wildman–Crippen LogP) is 3.63. The van der Waals surface area contributed by atoms with E-state index in [0.717, 1.165) is 16.9 Å². The zero-order chi connectivity index (χ0) is 21.0. The van der Waals surface area contributed by atoms with Crippen LogP contribution in [-0.2, 0) is 4.79 Å². The number of rotatable bonds is 6. The molecule has 0 bridgehead atoms. The highest BCUT2D eigenvalue weighted by atomic mass is 16.5. The zero-order valence-corrected chi connectivity index (χ0v) is 17.6. The number of carbonyl (C=O) groups is 2. The first-order valence-corrected chi connectivity index (χ1v) is 10.2. The summed E-state index contributed by atoms with van der Waals surface area (Å²) < 4.78 is 5.55. The number of carbonyl (C=O) groups excluding carboxylic acids is 2. The van der Waals surface area contributed by atoms with Crippen LogP contribution in [0.1, 0.15) is 41.3 Å². The van der Waals surface area contributed by atoms with Gasteiger partial charge in [0.15, 0.2) is 0 Å². The number of likely N-dealkylation sites (tertiary alicyclic amines) is 1. The SMILES string of the molecule is COc1ccccc1[C@@H]1CN(C(=O)c2ccccc2C)C[C@@H]1C(=O)NCC(C)C. The van der Waals surface area contributed by atoms with Crippen LogP contribution in [0.3, 0.4) is 0 Å². The molecule has 0 unspecified atom stereocenters. The number of hydrogen-bond acceptors (Lipinski definition) is 3. The van der Waals surface area contributed by atoms with Crippen molar-refractivity contribution >= 4 is 11.8 Å². The van der Waals surface area contributed by atoms with Gasteiger partial charge in [-0.1, -0.05) is 50.2 Å². The summed E-state index contributed by atoms with van der Waals surface area (Å²) >= 11 is 0. The molecule has 0 saturated carbocycles. The van der Waals surface area contributed by atoms with Gasteiger partial charge in [-0.2, -0.15) is 0 Å². The van der Waals surface area contributed by atoms with Crippen LogP contribution in [0.5, 0.6) is 5.75 Å². The lowest BCUT2D eigenvalue weighted by Crippen LogP contribution is -2.37. The van der Waals surface area contributed by atoms with Gasteiger partial charge in [-0.3, -0.25) is 9.59 Å². The number of para-hydroxylation sites is 1. The molecule has 0 spiro atoms. The van der Waals surface area contributed by atoms with E-state index in [-0.39, 0.29) is 23.7 Å². The summed E-state index contributed by atoms with van der Waals surface area (Å²) in [5, 5.41) is 3.05. The first-order chi connectivity index (χ1) is 13.9. The maximum absolute atomic E-state index is 13.2. The lowest BCUT2D eigenvalue weighted by atomic mass is 9.87. The normalized spacial score (nSPS) is 18.7. The molecule has 2 aromatic carbocycles. The molecule has 1 heterocycles. The molecule has 2 atom stereocenters. The van der Waals surface area contributed by atoms with Crippen LogP contribution in [0.25, 0.3) is 0 Å². The molecule has 29 heavy (non-hydrogen) atoms. The Morgan fingerprint density at radius 2 is 1.79 bits per heavy atom. The summed E-state index contributed by atoms with van der Waals surface area (Å²) in [6, 6.07) is 15.4. The first-order valence-electron chi connectivity index (χ1n) is 10.2. The minimum Gasteiger partial charge on any atom is -0.496 e. The van der Waals surface area contributed by atoms with E-state index < -0.39 is 0 Å². The highest BCUT2D eigenvalue weighted by Gasteiger charge is 2.41. The highest BCUT2D eigenvalue weighted by Crippen LogP contribution is 2.38. The van der Waals surface area contributed by atoms with Gasteiger partial charge in [0.1, 0.15) is 5.75 Å². The first kappa shape index (κ1) is 20.9. The number of hydrogen-bond donors (Lipinski definition) is 1. The molecule has 0 aliphatic carbocycles. The van der Waals surface area contributed by atoms with Crippen molar-refractivity contribution in [2.45, 2.75) is 26.7 Å². The number of benzene rings is 2. The molecule has 1 saturated heterocycles. The minimum absolute atomic E-state index is 0.00492. The van der Waals surface area contributed by atoms with Crippen LogP contribution >= 0.6 is 0 Å². The molecule has 1 aliphatic rings. The summed E-state index contributed by atoms with van der Waals surface area (Å²) in [6.07, 6.45) is 0. The molecule has 5 heteroatoms. The Morgan fingerprint density at radius 3 is 2.48 bits per heavy atom. The second kappa shape index (κ2) is 9.12. The van der Waals surface area contributed by atoms with Gasteiger partial charge in [-0.15, -0.1) is 0 Å². The van der Waals surface area contributed by atoms with E-state index in [9.17, 15) is 9.59 Å². The second-order valence-corrected chi connectivity index (χ2v) is 8.12. The molecule has 1 fully saturated rings. The fourth-order valence-electron chi connectivity index (χ4n) is 3.94. The van der Waals surface area contributed by atoms with Gasteiger partial charge in [-0.05, 0) is 36.1 Å². The molecule has 3 rings (SSSR count). The predicted molar refractivity (Wildman–Crippen MR) is 114 cm³/mol. The third kappa shape index (κ3) is 4.61. The molecule has 0 radical (unpaired) electrons. The molecular formula is C24H30N2O3. The van der Waals surface area contributed by atoms with Crippen LogP contribution < -0.4 is 10.1 Å². The number of nitrogens with zero attached hydrogens (tertiary/aromatic N) is 1. The molecule has 1 N–H and O–H groups in total. The van der Waals surface area contributed by atoms with Crippen molar-refractivity contribution < 1.29 is 14.3 Å². The maximum Gasteiger partial charge on any atom is 0.254 e.